The van der Waals surface area contributed by atoms with E-state index in [2.05, 4.69) is 34.6 Å². The van der Waals surface area contributed by atoms with Gasteiger partial charge in [0.05, 0.1) is 0 Å². The molecule has 1 nitrogen and oxygen atoms in total. The van der Waals surface area contributed by atoms with Crippen molar-refractivity contribution in [3.8, 4) is 0 Å². The van der Waals surface area contributed by atoms with Gasteiger partial charge in [-0.2, -0.15) is 0 Å². The van der Waals surface area contributed by atoms with E-state index in [4.69, 9.17) is 4.74 Å². The van der Waals surface area contributed by atoms with Gasteiger partial charge < -0.3 is 0 Å². The number of ether oxygens (including phenoxy) is 1. The molecule has 0 amide bonds. The third-order valence-electron chi connectivity index (χ3n) is 4.87. The minimum atomic E-state index is -2.03. The van der Waals surface area contributed by atoms with E-state index in [9.17, 15) is 0 Å². The molecule has 0 aromatic rings. The fourth-order valence-corrected chi connectivity index (χ4v) is 21.5. The van der Waals surface area contributed by atoms with Crippen LogP contribution in [0.5, 0.6) is 0 Å². The average Bonchev–Trinajstić information content (AvgIpc) is 3.19. The third-order valence-corrected chi connectivity index (χ3v) is 21.2. The molecule has 0 aromatic carbocycles. The second-order valence-corrected chi connectivity index (χ2v) is 20.6. The first-order valence-electron chi connectivity index (χ1n) is 8.76. The van der Waals surface area contributed by atoms with Crippen molar-refractivity contribution in [1.82, 2.24) is 0 Å². The second kappa shape index (κ2) is 8.92. The first-order valence-corrected chi connectivity index (χ1v) is 16.5. The van der Waals surface area contributed by atoms with E-state index in [1.54, 1.807) is 13.3 Å². The van der Waals surface area contributed by atoms with Gasteiger partial charge in [0.25, 0.3) is 0 Å². The van der Waals surface area contributed by atoms with Crippen molar-refractivity contribution >= 4 is 18.4 Å². The Morgan fingerprint density at radius 1 is 0.842 bits per heavy atom. The van der Waals surface area contributed by atoms with E-state index in [1.165, 1.54) is 38.5 Å². The Morgan fingerprint density at radius 3 is 1.53 bits per heavy atom. The van der Waals surface area contributed by atoms with Crippen LogP contribution >= 0.6 is 0 Å². The molecule has 2 atom stereocenters. The van der Waals surface area contributed by atoms with Crippen LogP contribution in [-0.2, 0) is 4.74 Å². The third kappa shape index (κ3) is 5.22. The van der Waals surface area contributed by atoms with Crippen molar-refractivity contribution in [3.05, 3.63) is 0 Å². The molecule has 0 aliphatic carbocycles. The molecule has 114 valence electrons. The zero-order valence-corrected chi connectivity index (χ0v) is 16.9. The standard InChI is InChI=1S/C5H9O.3C4H9.Sn/c1-4(2)5-3-6-5;3*1-3-4-2;/h3-5H,1-2H3;3*1,3-4H2,2H3;/t5-;;;;/m1..../s1. The van der Waals surface area contributed by atoms with Gasteiger partial charge in [0, 0.05) is 0 Å². The Hall–Kier alpha value is 0.759. The van der Waals surface area contributed by atoms with E-state index in [0.717, 1.165) is 10.0 Å². The summed E-state index contributed by atoms with van der Waals surface area (Å²) in [6.45, 7) is 11.7. The van der Waals surface area contributed by atoms with E-state index in [1.807, 2.05) is 0 Å². The van der Waals surface area contributed by atoms with Crippen molar-refractivity contribution in [1.29, 1.82) is 0 Å². The summed E-state index contributed by atoms with van der Waals surface area (Å²) in [6, 6.07) is 0. The molecule has 19 heavy (non-hydrogen) atoms. The fourth-order valence-electron chi connectivity index (χ4n) is 3.51. The number of epoxide rings is 1. The van der Waals surface area contributed by atoms with Crippen molar-refractivity contribution in [2.24, 2.45) is 5.92 Å². The van der Waals surface area contributed by atoms with Crippen molar-refractivity contribution in [3.63, 3.8) is 0 Å². The summed E-state index contributed by atoms with van der Waals surface area (Å²) in [6.07, 6.45) is 9.15. The number of hydrogen-bond donors (Lipinski definition) is 0. The SMILES string of the molecule is CCC[CH2][Sn]([CH2]CCC)([CH2]CCC)[C@@H]1O[C@H]1C(C)C. The Kier molecular flexibility index (Phi) is 8.36. The van der Waals surface area contributed by atoms with E-state index >= 15 is 0 Å². The maximum absolute atomic E-state index is 6.23. The zero-order chi connectivity index (χ0) is 14.3. The molecule has 0 unspecified atom stereocenters. The van der Waals surface area contributed by atoms with Crippen LogP contribution in [0.4, 0.5) is 0 Å². The van der Waals surface area contributed by atoms with Crippen LogP contribution in [0.3, 0.4) is 0 Å². The molecule has 1 fully saturated rings. The summed E-state index contributed by atoms with van der Waals surface area (Å²) in [5.74, 6) is 0.742. The van der Waals surface area contributed by atoms with Gasteiger partial charge in [0.1, 0.15) is 0 Å². The van der Waals surface area contributed by atoms with Crippen LogP contribution < -0.4 is 0 Å². The predicted octanol–water partition coefficient (Wildman–Crippen LogP) is 5.80. The first kappa shape index (κ1) is 17.8. The van der Waals surface area contributed by atoms with E-state index < -0.39 is 18.4 Å². The molecule has 1 aliphatic rings. The van der Waals surface area contributed by atoms with Crippen LogP contribution in [0, 0.1) is 5.92 Å². The van der Waals surface area contributed by atoms with Gasteiger partial charge in [-0.1, -0.05) is 0 Å². The topological polar surface area (TPSA) is 12.5 Å². The normalized spacial score (nSPS) is 23.1. The van der Waals surface area contributed by atoms with Gasteiger partial charge in [0.15, 0.2) is 0 Å². The molecule has 0 bridgehead atoms. The Balaban J connectivity index is 2.71. The summed E-state index contributed by atoms with van der Waals surface area (Å²) in [4.78, 5) is 0. The molecule has 1 heterocycles. The minimum absolute atomic E-state index is 0.640. The summed E-state index contributed by atoms with van der Waals surface area (Å²) in [5.41, 5.74) is 0. The quantitative estimate of drug-likeness (QED) is 0.329. The van der Waals surface area contributed by atoms with E-state index in [-0.39, 0.29) is 0 Å². The van der Waals surface area contributed by atoms with Gasteiger partial charge in [-0.3, -0.25) is 0 Å². The van der Waals surface area contributed by atoms with Crippen LogP contribution in [0.25, 0.3) is 0 Å². The Morgan fingerprint density at radius 2 is 1.26 bits per heavy atom. The Labute approximate surface area is 125 Å². The number of rotatable bonds is 11. The van der Waals surface area contributed by atoms with Gasteiger partial charge in [0.2, 0.25) is 0 Å². The van der Waals surface area contributed by atoms with Crippen molar-refractivity contribution in [2.45, 2.75) is 96.7 Å². The van der Waals surface area contributed by atoms with Gasteiger partial charge in [-0.15, -0.1) is 0 Å². The summed E-state index contributed by atoms with van der Waals surface area (Å²) in [7, 11) is 0. The van der Waals surface area contributed by atoms with Crippen LogP contribution in [-0.4, -0.2) is 28.6 Å². The first-order chi connectivity index (χ1) is 9.11. The molecular weight excluding hydrogens is 339 g/mol. The molecular formula is C17H36OSn. The fraction of sp³-hybridized carbons (Fsp3) is 1.00. The molecule has 1 aliphatic heterocycles. The van der Waals surface area contributed by atoms with Crippen molar-refractivity contribution in [2.75, 3.05) is 0 Å². The summed E-state index contributed by atoms with van der Waals surface area (Å²) >= 11 is -2.03. The van der Waals surface area contributed by atoms with E-state index in [0.29, 0.717) is 6.10 Å². The molecule has 0 aromatic heterocycles. The van der Waals surface area contributed by atoms with Gasteiger partial charge in [-0.05, 0) is 0 Å². The Bertz CT molecular complexity index is 218. The second-order valence-electron chi connectivity index (χ2n) is 6.94. The monoisotopic (exact) mass is 376 g/mol. The molecule has 0 radical (unpaired) electrons. The molecule has 0 saturated carbocycles. The van der Waals surface area contributed by atoms with Crippen LogP contribution in [0.2, 0.25) is 13.3 Å². The maximum atomic E-state index is 6.23. The molecule has 1 rings (SSSR count). The summed E-state index contributed by atoms with van der Waals surface area (Å²) < 4.78 is 11.8. The zero-order valence-electron chi connectivity index (χ0n) is 14.0. The molecule has 0 spiro atoms. The number of unbranched alkanes of at least 4 members (excludes halogenated alkanes) is 3. The van der Waals surface area contributed by atoms with Crippen molar-refractivity contribution < 1.29 is 4.74 Å². The predicted molar refractivity (Wildman–Crippen MR) is 88.4 cm³/mol. The molecule has 2 heteroatoms. The van der Waals surface area contributed by atoms with Crippen LogP contribution in [0.15, 0.2) is 0 Å². The summed E-state index contributed by atoms with van der Waals surface area (Å²) in [5, 5.41) is 0. The average molecular weight is 375 g/mol. The molecule has 0 N–H and O–H groups in total. The number of hydrogen-bond acceptors (Lipinski definition) is 1. The molecule has 1 saturated heterocycles. The van der Waals surface area contributed by atoms with Gasteiger partial charge in [-0.25, -0.2) is 0 Å². The van der Waals surface area contributed by atoms with Crippen LogP contribution in [0.1, 0.15) is 73.1 Å². The van der Waals surface area contributed by atoms with Gasteiger partial charge >= 0.3 is 126 Å².